The first-order chi connectivity index (χ1) is 47.4. The standard InChI is InChI=1S/C94H92O2/c1-5-9-13-17-26-65-36-44-75(45-37-65)87-85-63-83(73-55-52-70(53-56-73)80-61-54-69-30-21-22-32-79(69)62-80)89-90(94(85)96-91(87)77-48-40-67(41-49-77)28-19-15-11-7-3)84(74-59-57-72(58-60-74)82-35-25-33-71-31-23-24-34-81(71)82)64-86-88(76-46-38-66(39-47-76)27-18-14-10-6-2)92(95-93(86)89)78-50-42-68(43-51-78)29-20-16-12-8-4/h21-25,30-64H,5-20,26-29H2,1-4H3. The summed E-state index contributed by atoms with van der Waals surface area (Å²) in [7, 11) is 0. The summed E-state index contributed by atoms with van der Waals surface area (Å²) in [6.45, 7) is 9.17. The lowest BCUT2D eigenvalue weighted by Crippen LogP contribution is -1.91. The topological polar surface area (TPSA) is 26.3 Å². The molecule has 0 N–H and O–H groups in total. The molecule has 0 saturated heterocycles. The average molecular weight is 1250 g/mol. The Labute approximate surface area is 570 Å². The van der Waals surface area contributed by atoms with Crippen molar-refractivity contribution in [2.45, 2.75) is 156 Å². The minimum Gasteiger partial charge on any atom is -0.455 e. The molecule has 0 saturated carbocycles. The first-order valence-corrected chi connectivity index (χ1v) is 36.5. The lowest BCUT2D eigenvalue weighted by Gasteiger charge is -2.15. The van der Waals surface area contributed by atoms with Gasteiger partial charge in [-0.05, 0) is 169 Å². The van der Waals surface area contributed by atoms with E-state index >= 15 is 0 Å². The molecule has 2 heteroatoms. The van der Waals surface area contributed by atoms with E-state index in [4.69, 9.17) is 8.83 Å². The van der Waals surface area contributed by atoms with Crippen molar-refractivity contribution in [2.75, 3.05) is 0 Å². The van der Waals surface area contributed by atoms with E-state index in [1.54, 1.807) is 0 Å². The summed E-state index contributed by atoms with van der Waals surface area (Å²) in [5.41, 5.74) is 23.0. The van der Waals surface area contributed by atoms with Crippen LogP contribution < -0.4 is 0 Å². The van der Waals surface area contributed by atoms with Gasteiger partial charge in [0, 0.05) is 43.8 Å². The lowest BCUT2D eigenvalue weighted by molar-refractivity contribution is 0.633. The van der Waals surface area contributed by atoms with Gasteiger partial charge >= 0.3 is 0 Å². The molecule has 2 aromatic heterocycles. The molecular weight excluding hydrogens is 1160 g/mol. The molecule has 2 heterocycles. The molecule has 2 nitrogen and oxygen atoms in total. The molecule has 0 radical (unpaired) electrons. The van der Waals surface area contributed by atoms with Crippen LogP contribution in [0.3, 0.4) is 0 Å². The highest BCUT2D eigenvalue weighted by atomic mass is 16.3. The van der Waals surface area contributed by atoms with E-state index < -0.39 is 0 Å². The zero-order valence-corrected chi connectivity index (χ0v) is 57.1. The van der Waals surface area contributed by atoms with Gasteiger partial charge in [0.25, 0.3) is 0 Å². The van der Waals surface area contributed by atoms with Crippen LogP contribution in [0.25, 0.3) is 144 Å². The van der Waals surface area contributed by atoms with Crippen LogP contribution in [0.1, 0.15) is 153 Å². The monoisotopic (exact) mass is 1250 g/mol. The second-order valence-electron chi connectivity index (χ2n) is 27.2. The van der Waals surface area contributed by atoms with E-state index in [1.807, 2.05) is 0 Å². The summed E-state index contributed by atoms with van der Waals surface area (Å²) >= 11 is 0. The number of furan rings is 2. The van der Waals surface area contributed by atoms with Gasteiger partial charge in [-0.1, -0.05) is 329 Å². The van der Waals surface area contributed by atoms with Crippen molar-refractivity contribution in [3.8, 4) is 89.4 Å². The second kappa shape index (κ2) is 30.1. The molecule has 96 heavy (non-hydrogen) atoms. The first-order valence-electron chi connectivity index (χ1n) is 36.5. The highest BCUT2D eigenvalue weighted by Crippen LogP contribution is 2.54. The fourth-order valence-corrected chi connectivity index (χ4v) is 15.0. The Morgan fingerprint density at radius 1 is 0.229 bits per heavy atom. The molecule has 0 amide bonds. The Hall–Kier alpha value is -9.50. The van der Waals surface area contributed by atoms with Crippen molar-refractivity contribution >= 4 is 54.3 Å². The number of hydrogen-bond acceptors (Lipinski definition) is 2. The normalized spacial score (nSPS) is 11.8. The lowest BCUT2D eigenvalue weighted by atomic mass is 9.86. The summed E-state index contributed by atoms with van der Waals surface area (Å²) in [6.07, 6.45) is 24.0. The first kappa shape index (κ1) is 63.9. The third-order valence-electron chi connectivity index (χ3n) is 20.5. The van der Waals surface area contributed by atoms with E-state index in [0.29, 0.717) is 0 Å². The molecule has 14 aromatic rings. The van der Waals surface area contributed by atoms with Crippen LogP contribution in [-0.2, 0) is 25.7 Å². The number of hydrogen-bond donors (Lipinski definition) is 0. The highest BCUT2D eigenvalue weighted by molar-refractivity contribution is 6.29. The Kier molecular flexibility index (Phi) is 20.0. The van der Waals surface area contributed by atoms with Crippen molar-refractivity contribution in [2.24, 2.45) is 0 Å². The van der Waals surface area contributed by atoms with Gasteiger partial charge in [0.05, 0.1) is 0 Å². The minimum absolute atomic E-state index is 0.855. The molecule has 0 unspecified atom stereocenters. The zero-order valence-electron chi connectivity index (χ0n) is 57.1. The largest absolute Gasteiger partial charge is 0.455 e. The summed E-state index contributed by atoms with van der Waals surface area (Å²) in [4.78, 5) is 0. The number of unbranched alkanes of at least 4 members (excludes halogenated alkanes) is 12. The Morgan fingerprint density at radius 3 is 1.00 bits per heavy atom. The van der Waals surface area contributed by atoms with Gasteiger partial charge < -0.3 is 8.83 Å². The summed E-state index contributed by atoms with van der Waals surface area (Å²) in [5, 5.41) is 9.19. The average Bonchev–Trinajstić information content (AvgIpc) is 1.49. The van der Waals surface area contributed by atoms with Crippen molar-refractivity contribution in [3.05, 3.63) is 265 Å². The van der Waals surface area contributed by atoms with E-state index in [9.17, 15) is 0 Å². The van der Waals surface area contributed by atoms with Gasteiger partial charge in [-0.2, -0.15) is 0 Å². The molecule has 0 aliphatic heterocycles. The molecule has 12 aromatic carbocycles. The second-order valence-corrected chi connectivity index (χ2v) is 27.2. The van der Waals surface area contributed by atoms with Crippen LogP contribution >= 0.6 is 0 Å². The third kappa shape index (κ3) is 13.7. The van der Waals surface area contributed by atoms with Crippen LogP contribution in [-0.4, -0.2) is 0 Å². The van der Waals surface area contributed by atoms with Gasteiger partial charge in [-0.15, -0.1) is 0 Å². The van der Waals surface area contributed by atoms with Gasteiger partial charge in [0.2, 0.25) is 0 Å². The van der Waals surface area contributed by atoms with Crippen LogP contribution in [0.2, 0.25) is 0 Å². The predicted molar refractivity (Wildman–Crippen MR) is 413 cm³/mol. The number of benzene rings is 12. The molecule has 0 aliphatic carbocycles. The molecule has 0 aliphatic rings. The Morgan fingerprint density at radius 2 is 0.573 bits per heavy atom. The van der Waals surface area contributed by atoms with Crippen LogP contribution in [0.5, 0.6) is 0 Å². The van der Waals surface area contributed by atoms with E-state index in [1.165, 1.54) is 169 Å². The Balaban J connectivity index is 1.06. The molecule has 480 valence electrons. The number of fused-ring (bicyclic) bond motifs is 7. The van der Waals surface area contributed by atoms with Gasteiger partial charge in [0.1, 0.15) is 22.7 Å². The van der Waals surface area contributed by atoms with E-state index in [-0.39, 0.29) is 0 Å². The molecule has 0 spiro atoms. The van der Waals surface area contributed by atoms with Gasteiger partial charge in [-0.25, -0.2) is 0 Å². The van der Waals surface area contributed by atoms with E-state index in [2.05, 4.69) is 270 Å². The van der Waals surface area contributed by atoms with Gasteiger partial charge in [0.15, 0.2) is 0 Å². The number of rotatable bonds is 28. The maximum atomic E-state index is 7.87. The smallest absolute Gasteiger partial charge is 0.144 e. The fraction of sp³-hybridized carbons (Fsp3) is 0.255. The Bertz CT molecular complexity index is 4860. The SMILES string of the molecule is CCCCCCc1ccc(-c2oc3c(cc(-c4ccc(-c5cccc6ccccc56)cc4)c4c5oc(-c6ccc(CCCCCC)cc6)c(-c6ccc(CCCCCC)cc6)c5cc(-c5ccc(-c6ccc7ccccc7c6)cc5)c34)c2-c2ccc(CCCCCC)cc2)cc1. The molecule has 0 bridgehead atoms. The molecule has 14 rings (SSSR count). The summed E-state index contributed by atoms with van der Waals surface area (Å²) in [5.74, 6) is 1.76. The fourth-order valence-electron chi connectivity index (χ4n) is 15.0. The summed E-state index contributed by atoms with van der Waals surface area (Å²) in [6, 6.07) is 92.1. The van der Waals surface area contributed by atoms with Crippen molar-refractivity contribution < 1.29 is 8.83 Å². The number of aryl methyl sites for hydroxylation is 4. The molecule has 0 fully saturated rings. The van der Waals surface area contributed by atoms with Crippen molar-refractivity contribution in [1.82, 2.24) is 0 Å². The van der Waals surface area contributed by atoms with Crippen molar-refractivity contribution in [1.29, 1.82) is 0 Å². The summed E-state index contributed by atoms with van der Waals surface area (Å²) < 4.78 is 15.7. The maximum Gasteiger partial charge on any atom is 0.144 e. The molecule has 0 atom stereocenters. The quantitative estimate of drug-likeness (QED) is 0.0457. The molecular formula is C94H92O2. The minimum atomic E-state index is 0.855. The zero-order chi connectivity index (χ0) is 65.2. The predicted octanol–water partition coefficient (Wildman–Crippen LogP) is 28.5. The van der Waals surface area contributed by atoms with Crippen LogP contribution in [0.15, 0.2) is 251 Å². The van der Waals surface area contributed by atoms with Crippen LogP contribution in [0, 0.1) is 0 Å². The van der Waals surface area contributed by atoms with Crippen molar-refractivity contribution in [3.63, 3.8) is 0 Å². The maximum absolute atomic E-state index is 7.87. The van der Waals surface area contributed by atoms with Gasteiger partial charge in [-0.3, -0.25) is 0 Å². The van der Waals surface area contributed by atoms with E-state index in [0.717, 1.165) is 126 Å². The third-order valence-corrected chi connectivity index (χ3v) is 20.5. The van der Waals surface area contributed by atoms with Crippen LogP contribution in [0.4, 0.5) is 0 Å². The highest BCUT2D eigenvalue weighted by Gasteiger charge is 2.29.